The predicted octanol–water partition coefficient (Wildman–Crippen LogP) is 0.677. The Balaban J connectivity index is 0.0000001000. The number of aromatic nitrogens is 4. The molecule has 0 fully saturated rings. The fourth-order valence-electron chi connectivity index (χ4n) is 0.236. The van der Waals surface area contributed by atoms with Crippen molar-refractivity contribution in [2.75, 3.05) is 0 Å². The Kier molecular flexibility index (Phi) is 3.58. The van der Waals surface area contributed by atoms with Crippen LogP contribution in [0.1, 0.15) is 0 Å². The first-order chi connectivity index (χ1) is 5.00. The van der Waals surface area contributed by atoms with Crippen LogP contribution in [0.3, 0.4) is 0 Å². The topological polar surface area (TPSA) is 51.6 Å². The van der Waals surface area contributed by atoms with Crippen molar-refractivity contribution < 1.29 is 0 Å². The van der Waals surface area contributed by atoms with Crippen molar-refractivity contribution in [2.45, 2.75) is 0 Å². The normalized spacial score (nSPS) is 8.00. The molecule has 0 aliphatic carbocycles. The van der Waals surface area contributed by atoms with Gasteiger partial charge in [0.2, 0.25) is 0 Å². The SMILES string of the molecule is [c]1cnsn1.[c]1nncs1. The third-order valence-electron chi connectivity index (χ3n) is 0.502. The van der Waals surface area contributed by atoms with Gasteiger partial charge in [-0.2, -0.15) is 8.75 Å². The molecule has 2 radical (unpaired) electrons. The van der Waals surface area contributed by atoms with E-state index in [1.54, 1.807) is 5.51 Å². The molecule has 0 saturated heterocycles. The summed E-state index contributed by atoms with van der Waals surface area (Å²) in [5.74, 6) is 0. The van der Waals surface area contributed by atoms with Crippen molar-refractivity contribution >= 4 is 23.1 Å². The molecule has 0 N–H and O–H groups in total. The zero-order valence-electron chi connectivity index (χ0n) is 4.76. The highest BCUT2D eigenvalue weighted by molar-refractivity contribution is 7.06. The summed E-state index contributed by atoms with van der Waals surface area (Å²) in [5, 5.41) is 6.80. The van der Waals surface area contributed by atoms with E-state index in [1.807, 2.05) is 0 Å². The second-order valence-electron chi connectivity index (χ2n) is 1.07. The average molecular weight is 170 g/mol. The van der Waals surface area contributed by atoms with E-state index in [0.717, 1.165) is 11.7 Å². The van der Waals surface area contributed by atoms with Crippen molar-refractivity contribution in [3.05, 3.63) is 23.4 Å². The molecule has 2 aromatic rings. The molecule has 0 bridgehead atoms. The summed E-state index contributed by atoms with van der Waals surface area (Å²) in [4.78, 5) is 0. The van der Waals surface area contributed by atoms with E-state index in [0.29, 0.717) is 0 Å². The molecule has 0 unspecified atom stereocenters. The average Bonchev–Trinajstić information content (AvgIpc) is 2.67. The van der Waals surface area contributed by atoms with Crippen LogP contribution in [0.5, 0.6) is 0 Å². The third-order valence-corrected chi connectivity index (χ3v) is 1.28. The van der Waals surface area contributed by atoms with Crippen molar-refractivity contribution in [1.29, 1.82) is 0 Å². The Morgan fingerprint density at radius 2 is 2.40 bits per heavy atom. The lowest BCUT2D eigenvalue weighted by Gasteiger charge is -1.39. The molecule has 4 nitrogen and oxygen atoms in total. The van der Waals surface area contributed by atoms with Crippen LogP contribution in [0.25, 0.3) is 0 Å². The van der Waals surface area contributed by atoms with Gasteiger partial charge < -0.3 is 0 Å². The molecule has 10 heavy (non-hydrogen) atoms. The molecule has 0 aromatic carbocycles. The van der Waals surface area contributed by atoms with E-state index >= 15 is 0 Å². The zero-order valence-corrected chi connectivity index (χ0v) is 6.39. The lowest BCUT2D eigenvalue weighted by atomic mass is 11.0. The molecular formula is C4H2N4S2. The van der Waals surface area contributed by atoms with Crippen LogP contribution < -0.4 is 0 Å². The van der Waals surface area contributed by atoms with Crippen molar-refractivity contribution in [2.24, 2.45) is 0 Å². The van der Waals surface area contributed by atoms with Gasteiger partial charge >= 0.3 is 0 Å². The van der Waals surface area contributed by atoms with E-state index in [1.165, 1.54) is 17.5 Å². The monoisotopic (exact) mass is 170 g/mol. The number of rotatable bonds is 0. The molecule has 0 atom stereocenters. The highest BCUT2D eigenvalue weighted by Crippen LogP contribution is 1.79. The van der Waals surface area contributed by atoms with E-state index in [4.69, 9.17) is 0 Å². The Morgan fingerprint density at radius 3 is 2.60 bits per heavy atom. The molecule has 6 heteroatoms. The highest BCUT2D eigenvalue weighted by atomic mass is 32.1. The predicted molar refractivity (Wildman–Crippen MR) is 37.5 cm³/mol. The fourth-order valence-corrected chi connectivity index (χ4v) is 0.707. The van der Waals surface area contributed by atoms with Gasteiger partial charge in [0.1, 0.15) is 11.7 Å². The largest absolute Gasteiger partial charge is 0.181 e. The minimum atomic E-state index is 1.16. The van der Waals surface area contributed by atoms with Gasteiger partial charge in [-0.1, -0.05) is 11.3 Å². The Labute approximate surface area is 65.9 Å². The first-order valence-electron chi connectivity index (χ1n) is 2.26. The van der Waals surface area contributed by atoms with Gasteiger partial charge in [0.05, 0.1) is 17.9 Å². The molecule has 2 aromatic heterocycles. The highest BCUT2D eigenvalue weighted by Gasteiger charge is 1.63. The Bertz CT molecular complexity index is 154. The lowest BCUT2D eigenvalue weighted by molar-refractivity contribution is 1.08. The van der Waals surface area contributed by atoms with E-state index < -0.39 is 0 Å². The van der Waals surface area contributed by atoms with Gasteiger partial charge in [-0.05, 0) is 0 Å². The fraction of sp³-hybridized carbons (Fsp3) is 0. The summed E-state index contributed by atoms with van der Waals surface area (Å²) in [6.45, 7) is 0. The summed E-state index contributed by atoms with van der Waals surface area (Å²) in [6.07, 6.45) is 4.05. The van der Waals surface area contributed by atoms with Gasteiger partial charge in [0.25, 0.3) is 0 Å². The number of hydrogen-bond acceptors (Lipinski definition) is 6. The van der Waals surface area contributed by atoms with Gasteiger partial charge in [-0.3, -0.25) is 0 Å². The van der Waals surface area contributed by atoms with Crippen LogP contribution in [0.4, 0.5) is 0 Å². The van der Waals surface area contributed by atoms with Crippen LogP contribution in [0.2, 0.25) is 0 Å². The Morgan fingerprint density at radius 1 is 1.40 bits per heavy atom. The molecule has 0 aliphatic heterocycles. The summed E-state index contributed by atoms with van der Waals surface area (Å²) in [5.41, 5.74) is 4.17. The standard InChI is InChI=1S/2C2HN2S/c1-3-4-2-5-1;1-2-4-5-3-1/h2*1H. The van der Waals surface area contributed by atoms with E-state index in [-0.39, 0.29) is 0 Å². The van der Waals surface area contributed by atoms with Crippen LogP contribution in [0, 0.1) is 11.7 Å². The van der Waals surface area contributed by atoms with Crippen molar-refractivity contribution in [3.8, 4) is 0 Å². The van der Waals surface area contributed by atoms with Crippen LogP contribution in [-0.4, -0.2) is 18.9 Å². The quantitative estimate of drug-likeness (QED) is 0.583. The molecule has 2 rings (SSSR count). The van der Waals surface area contributed by atoms with E-state index in [2.05, 4.69) is 30.7 Å². The van der Waals surface area contributed by atoms with Gasteiger partial charge in [0.15, 0.2) is 5.51 Å². The summed E-state index contributed by atoms with van der Waals surface area (Å²) in [6, 6.07) is 0. The molecular weight excluding hydrogens is 168 g/mol. The second-order valence-corrected chi connectivity index (χ2v) is 2.25. The molecule has 0 saturated carbocycles. The minimum absolute atomic E-state index is 1.16. The Hall–Kier alpha value is -0.880. The molecule has 2 heterocycles. The zero-order chi connectivity index (χ0) is 7.07. The van der Waals surface area contributed by atoms with Crippen LogP contribution in [0.15, 0.2) is 11.7 Å². The van der Waals surface area contributed by atoms with Crippen LogP contribution >= 0.6 is 23.1 Å². The first kappa shape index (κ1) is 7.23. The third kappa shape index (κ3) is 3.21. The molecule has 0 aliphatic rings. The first-order valence-corrected chi connectivity index (χ1v) is 3.87. The summed E-state index contributed by atoms with van der Waals surface area (Å²) < 4.78 is 7.12. The summed E-state index contributed by atoms with van der Waals surface area (Å²) in [7, 11) is 0. The molecule has 50 valence electrons. The van der Waals surface area contributed by atoms with Crippen LogP contribution in [-0.2, 0) is 0 Å². The lowest BCUT2D eigenvalue weighted by Crippen LogP contribution is -1.54. The second kappa shape index (κ2) is 4.95. The van der Waals surface area contributed by atoms with E-state index in [9.17, 15) is 0 Å². The summed E-state index contributed by atoms with van der Waals surface area (Å²) >= 11 is 2.52. The molecule has 0 amide bonds. The maximum atomic E-state index is 3.60. The number of nitrogens with zero attached hydrogens (tertiary/aromatic N) is 4. The maximum absolute atomic E-state index is 3.60. The van der Waals surface area contributed by atoms with Gasteiger partial charge in [-0.25, -0.2) is 0 Å². The van der Waals surface area contributed by atoms with Gasteiger partial charge in [0, 0.05) is 0 Å². The van der Waals surface area contributed by atoms with Crippen molar-refractivity contribution in [1.82, 2.24) is 18.9 Å². The molecule has 0 spiro atoms. The number of hydrogen-bond donors (Lipinski definition) is 0. The maximum Gasteiger partial charge on any atom is 0.178 e. The van der Waals surface area contributed by atoms with Gasteiger partial charge in [-0.15, -0.1) is 10.2 Å². The minimum Gasteiger partial charge on any atom is -0.181 e. The smallest absolute Gasteiger partial charge is 0.178 e. The van der Waals surface area contributed by atoms with Crippen molar-refractivity contribution in [3.63, 3.8) is 0 Å².